The number of Topliss-reactive ketones (excluding diaryl/α,β-unsaturated/α-hetero) is 1. The van der Waals surface area contributed by atoms with Gasteiger partial charge in [-0.05, 0) is 30.7 Å². The highest BCUT2D eigenvalue weighted by molar-refractivity contribution is 7.99. The topological polar surface area (TPSA) is 83.6 Å². The Balaban J connectivity index is 1.93. The van der Waals surface area contributed by atoms with Crippen LogP contribution in [0.25, 0.3) is 0 Å². The van der Waals surface area contributed by atoms with Crippen LogP contribution in [0.5, 0.6) is 0 Å². The monoisotopic (exact) mass is 340 g/mol. The largest absolute Gasteiger partial charge is 0.410 e. The normalized spacial score (nSPS) is 13.8. The number of carbonyl (C=O) groups excluding carboxylic acids is 1. The number of thioether (sulfide) groups is 1. The maximum Gasteiger partial charge on any atom is 0.277 e. The Morgan fingerprint density at radius 1 is 1.36 bits per heavy atom. The van der Waals surface area contributed by atoms with Crippen LogP contribution in [-0.2, 0) is 0 Å². The minimum Gasteiger partial charge on any atom is -0.410 e. The summed E-state index contributed by atoms with van der Waals surface area (Å²) in [6, 6.07) is 6.78. The zero-order valence-electron chi connectivity index (χ0n) is 12.6. The molecule has 1 aromatic heterocycles. The van der Waals surface area contributed by atoms with E-state index in [-0.39, 0.29) is 17.6 Å². The van der Waals surface area contributed by atoms with E-state index in [1.807, 2.05) is 0 Å². The molecule has 0 radical (unpaired) electrons. The van der Waals surface area contributed by atoms with Crippen molar-refractivity contribution in [3.8, 4) is 0 Å². The lowest BCUT2D eigenvalue weighted by atomic mass is 10.0. The first-order chi connectivity index (χ1) is 10.5. The van der Waals surface area contributed by atoms with Crippen molar-refractivity contribution < 1.29 is 14.9 Å². The van der Waals surface area contributed by atoms with Crippen molar-refractivity contribution in [3.63, 3.8) is 0 Å². The van der Waals surface area contributed by atoms with Crippen LogP contribution in [0.2, 0.25) is 5.02 Å². The smallest absolute Gasteiger partial charge is 0.277 e. The van der Waals surface area contributed by atoms with Gasteiger partial charge in [-0.25, -0.2) is 0 Å². The third-order valence-electron chi connectivity index (χ3n) is 3.56. The summed E-state index contributed by atoms with van der Waals surface area (Å²) in [4.78, 5) is 12.1. The van der Waals surface area contributed by atoms with Crippen LogP contribution in [0, 0.1) is 5.92 Å². The molecule has 118 valence electrons. The molecule has 2 aromatic rings. The van der Waals surface area contributed by atoms with Gasteiger partial charge < -0.3 is 10.2 Å². The molecular formula is C15H19ClN3O2S+. The summed E-state index contributed by atoms with van der Waals surface area (Å²) in [6.07, 6.45) is 0.994. The van der Waals surface area contributed by atoms with Gasteiger partial charge in [-0.15, -0.1) is 10.2 Å². The molecule has 0 spiro atoms. The Labute approximate surface area is 138 Å². The van der Waals surface area contributed by atoms with E-state index in [9.17, 15) is 4.79 Å². The quantitative estimate of drug-likeness (QED) is 0.618. The van der Waals surface area contributed by atoms with E-state index >= 15 is 0 Å². The summed E-state index contributed by atoms with van der Waals surface area (Å²) in [5.41, 5.74) is 4.68. The van der Waals surface area contributed by atoms with Gasteiger partial charge in [-0.1, -0.05) is 37.2 Å². The van der Waals surface area contributed by atoms with Gasteiger partial charge in [-0.3, -0.25) is 4.79 Å². The Kier molecular flexibility index (Phi) is 5.99. The van der Waals surface area contributed by atoms with E-state index < -0.39 is 0 Å². The third-order valence-corrected chi connectivity index (χ3v) is 4.63. The van der Waals surface area contributed by atoms with Crippen molar-refractivity contribution >= 4 is 29.1 Å². The van der Waals surface area contributed by atoms with Gasteiger partial charge in [-0.2, -0.15) is 0 Å². The maximum atomic E-state index is 12.1. The van der Waals surface area contributed by atoms with Crippen LogP contribution >= 0.6 is 23.4 Å². The van der Waals surface area contributed by atoms with Crippen molar-refractivity contribution in [1.82, 2.24) is 10.2 Å². The average molecular weight is 341 g/mol. The molecule has 22 heavy (non-hydrogen) atoms. The second-order valence-corrected chi connectivity index (χ2v) is 6.48. The lowest BCUT2D eigenvalue weighted by Gasteiger charge is -2.09. The van der Waals surface area contributed by atoms with Crippen LogP contribution in [-0.4, -0.2) is 21.7 Å². The second kappa shape index (κ2) is 7.76. The lowest BCUT2D eigenvalue weighted by Crippen LogP contribution is -2.56. The molecule has 0 aliphatic carbocycles. The first-order valence-electron chi connectivity index (χ1n) is 7.09. The Hall–Kier alpha value is -1.37. The van der Waals surface area contributed by atoms with Crippen molar-refractivity contribution in [1.29, 1.82) is 0 Å². The Morgan fingerprint density at radius 2 is 2.05 bits per heavy atom. The molecule has 1 aromatic carbocycles. The highest BCUT2D eigenvalue weighted by Gasteiger charge is 2.23. The molecule has 0 aliphatic heterocycles. The molecule has 0 fully saturated rings. The van der Waals surface area contributed by atoms with E-state index in [1.165, 1.54) is 11.8 Å². The van der Waals surface area contributed by atoms with E-state index in [2.05, 4.69) is 29.8 Å². The predicted molar refractivity (Wildman–Crippen MR) is 85.9 cm³/mol. The standard InChI is InChI=1S/C15H18ClN3O2S/c1-3-9(2)13(17)14-18-19-15(21-14)22-8-12(20)10-4-6-11(16)7-5-10/h4-7,9,13H,3,8,17H2,1-2H3/p+1/t9-,13+/m1/s1. The van der Waals surface area contributed by atoms with Gasteiger partial charge >= 0.3 is 0 Å². The average Bonchev–Trinajstić information content (AvgIpc) is 3.00. The van der Waals surface area contributed by atoms with Crippen molar-refractivity contribution in [2.75, 3.05) is 5.75 Å². The van der Waals surface area contributed by atoms with Crippen LogP contribution in [0.3, 0.4) is 0 Å². The zero-order chi connectivity index (χ0) is 16.1. The fraction of sp³-hybridized carbons (Fsp3) is 0.400. The van der Waals surface area contributed by atoms with Crippen LogP contribution in [0.4, 0.5) is 0 Å². The number of hydrogen-bond donors (Lipinski definition) is 1. The molecule has 1 heterocycles. The van der Waals surface area contributed by atoms with Gasteiger partial charge in [0, 0.05) is 16.5 Å². The highest BCUT2D eigenvalue weighted by Crippen LogP contribution is 2.23. The number of aromatic nitrogens is 2. The molecule has 2 atom stereocenters. The summed E-state index contributed by atoms with van der Waals surface area (Å²) >= 11 is 7.04. The lowest BCUT2D eigenvalue weighted by molar-refractivity contribution is -0.444. The first-order valence-corrected chi connectivity index (χ1v) is 8.45. The maximum absolute atomic E-state index is 12.1. The number of hydrogen-bond acceptors (Lipinski definition) is 5. The molecule has 2 rings (SSSR count). The molecule has 3 N–H and O–H groups in total. The Morgan fingerprint density at radius 3 is 2.68 bits per heavy atom. The number of ketones is 1. The molecule has 0 bridgehead atoms. The summed E-state index contributed by atoms with van der Waals surface area (Å²) in [6.45, 7) is 4.19. The molecule has 7 heteroatoms. The van der Waals surface area contributed by atoms with E-state index in [0.717, 1.165) is 6.42 Å². The molecular weight excluding hydrogens is 322 g/mol. The SMILES string of the molecule is CC[C@@H](C)[C@H]([NH3+])c1nnc(SCC(=O)c2ccc(Cl)cc2)o1. The predicted octanol–water partition coefficient (Wildman–Crippen LogP) is 3.03. The molecule has 0 saturated carbocycles. The number of benzene rings is 1. The van der Waals surface area contributed by atoms with Crippen LogP contribution < -0.4 is 5.73 Å². The summed E-state index contributed by atoms with van der Waals surface area (Å²) in [5, 5.41) is 8.99. The number of quaternary nitrogens is 1. The van der Waals surface area contributed by atoms with Crippen molar-refractivity contribution in [3.05, 3.63) is 40.7 Å². The zero-order valence-corrected chi connectivity index (χ0v) is 14.2. The minimum absolute atomic E-state index is 0.00508. The molecule has 0 saturated heterocycles. The molecule has 0 aliphatic rings. The summed E-state index contributed by atoms with van der Waals surface area (Å²) in [7, 11) is 0. The van der Waals surface area contributed by atoms with Gasteiger partial charge in [0.2, 0.25) is 0 Å². The second-order valence-electron chi connectivity index (χ2n) is 5.12. The third kappa shape index (κ3) is 4.32. The van der Waals surface area contributed by atoms with Crippen molar-refractivity contribution in [2.45, 2.75) is 31.5 Å². The van der Waals surface area contributed by atoms with Gasteiger partial charge in [0.1, 0.15) is 0 Å². The van der Waals surface area contributed by atoms with E-state index in [1.54, 1.807) is 24.3 Å². The van der Waals surface area contributed by atoms with Gasteiger partial charge in [0.15, 0.2) is 11.8 Å². The van der Waals surface area contributed by atoms with E-state index in [4.69, 9.17) is 16.0 Å². The number of carbonyl (C=O) groups is 1. The van der Waals surface area contributed by atoms with Crippen molar-refractivity contribution in [2.24, 2.45) is 5.92 Å². The Bertz CT molecular complexity index is 630. The summed E-state index contributed by atoms with van der Waals surface area (Å²) in [5.74, 6) is 1.13. The molecule has 0 amide bonds. The molecule has 5 nitrogen and oxygen atoms in total. The van der Waals surface area contributed by atoms with Crippen LogP contribution in [0.15, 0.2) is 33.9 Å². The van der Waals surface area contributed by atoms with Crippen LogP contribution in [0.1, 0.15) is 42.6 Å². The number of halogens is 1. The fourth-order valence-corrected chi connectivity index (χ4v) is 2.59. The van der Waals surface area contributed by atoms with E-state index in [0.29, 0.717) is 27.6 Å². The fourth-order valence-electron chi connectivity index (χ4n) is 1.80. The first kappa shape index (κ1) is 17.0. The minimum atomic E-state index is -0.0289. The van der Waals surface area contributed by atoms with Gasteiger partial charge in [0.05, 0.1) is 5.75 Å². The summed E-state index contributed by atoms with van der Waals surface area (Å²) < 4.78 is 5.58. The molecule has 0 unspecified atom stereocenters. The number of nitrogens with zero attached hydrogens (tertiary/aromatic N) is 2. The number of rotatable bonds is 7. The highest BCUT2D eigenvalue weighted by atomic mass is 35.5. The van der Waals surface area contributed by atoms with Gasteiger partial charge in [0.25, 0.3) is 11.1 Å².